The van der Waals surface area contributed by atoms with Crippen molar-refractivity contribution in [3.05, 3.63) is 58.1 Å². The predicted octanol–water partition coefficient (Wildman–Crippen LogP) is 2.67. The molecule has 162 valence electrons. The van der Waals surface area contributed by atoms with Gasteiger partial charge in [-0.15, -0.1) is 0 Å². The molecule has 2 atom stereocenters. The second-order valence-electron chi connectivity index (χ2n) is 8.55. The molecule has 7 nitrogen and oxygen atoms in total. The molecule has 2 N–H and O–H groups in total. The summed E-state index contributed by atoms with van der Waals surface area (Å²) in [5, 5.41) is 2.85. The van der Waals surface area contributed by atoms with Gasteiger partial charge in [-0.1, -0.05) is 6.07 Å². The van der Waals surface area contributed by atoms with Crippen molar-refractivity contribution in [1.82, 2.24) is 19.9 Å². The highest BCUT2D eigenvalue weighted by molar-refractivity contribution is 5.97. The van der Waals surface area contributed by atoms with Crippen molar-refractivity contribution in [2.45, 2.75) is 31.4 Å². The summed E-state index contributed by atoms with van der Waals surface area (Å²) >= 11 is 0. The Hall–Kier alpha value is -3.23. The Morgan fingerprint density at radius 3 is 2.71 bits per heavy atom. The smallest absolute Gasteiger partial charge is 0.326 e. The number of halogens is 2. The van der Waals surface area contributed by atoms with Gasteiger partial charge in [-0.05, 0) is 42.7 Å². The number of aromatic nitrogens is 3. The average molecular weight is 427 g/mol. The molecule has 5 rings (SSSR count). The molecule has 2 aromatic heterocycles. The van der Waals surface area contributed by atoms with Gasteiger partial charge in [0.2, 0.25) is 0 Å². The lowest BCUT2D eigenvalue weighted by Gasteiger charge is -2.27. The topological polar surface area (TPSA) is 83.0 Å². The second kappa shape index (κ2) is 6.90. The zero-order valence-electron chi connectivity index (χ0n) is 17.2. The van der Waals surface area contributed by atoms with Gasteiger partial charge in [-0.2, -0.15) is 0 Å². The van der Waals surface area contributed by atoms with Crippen LogP contribution in [0.5, 0.6) is 0 Å². The molecule has 0 spiro atoms. The van der Waals surface area contributed by atoms with Gasteiger partial charge in [0.05, 0.1) is 11.0 Å². The van der Waals surface area contributed by atoms with E-state index in [0.29, 0.717) is 30.5 Å². The maximum atomic E-state index is 13.4. The van der Waals surface area contributed by atoms with Crippen LogP contribution in [0.1, 0.15) is 28.8 Å². The lowest BCUT2D eigenvalue weighted by molar-refractivity contribution is 0.0696. The first kappa shape index (κ1) is 19.7. The summed E-state index contributed by atoms with van der Waals surface area (Å²) in [6.07, 6.45) is 2.70. The molecule has 0 radical (unpaired) electrons. The van der Waals surface area contributed by atoms with Crippen molar-refractivity contribution in [3.63, 3.8) is 0 Å². The quantitative estimate of drug-likeness (QED) is 0.656. The van der Waals surface area contributed by atoms with E-state index in [-0.39, 0.29) is 17.6 Å². The number of carbonyl (C=O) groups is 1. The van der Waals surface area contributed by atoms with Crippen molar-refractivity contribution in [3.8, 4) is 0 Å². The number of rotatable bonds is 5. The van der Waals surface area contributed by atoms with E-state index in [1.54, 1.807) is 31.4 Å². The van der Waals surface area contributed by atoms with Gasteiger partial charge in [0, 0.05) is 50.3 Å². The predicted molar refractivity (Wildman–Crippen MR) is 112 cm³/mol. The number of fused-ring (bicyclic) bond motifs is 2. The molecule has 31 heavy (non-hydrogen) atoms. The first-order valence-electron chi connectivity index (χ1n) is 10.3. The number of amides is 1. The lowest BCUT2D eigenvalue weighted by Crippen LogP contribution is -2.32. The van der Waals surface area contributed by atoms with Crippen LogP contribution in [0.25, 0.3) is 11.0 Å². The molecule has 0 saturated heterocycles. The number of imidazole rings is 1. The van der Waals surface area contributed by atoms with Crippen molar-refractivity contribution in [1.29, 1.82) is 0 Å². The average Bonchev–Trinajstić information content (AvgIpc) is 3.11. The summed E-state index contributed by atoms with van der Waals surface area (Å²) < 4.78 is 28.3. The van der Waals surface area contributed by atoms with Crippen molar-refractivity contribution in [2.75, 3.05) is 11.9 Å². The first-order chi connectivity index (χ1) is 14.8. The lowest BCUT2D eigenvalue weighted by atomic mass is 10.1. The van der Waals surface area contributed by atoms with E-state index in [0.717, 1.165) is 16.9 Å². The molecular weight excluding hydrogens is 404 g/mol. The fourth-order valence-corrected chi connectivity index (χ4v) is 4.68. The van der Waals surface area contributed by atoms with Gasteiger partial charge < -0.3 is 15.2 Å². The van der Waals surface area contributed by atoms with Gasteiger partial charge in [0.1, 0.15) is 5.82 Å². The van der Waals surface area contributed by atoms with Gasteiger partial charge in [-0.3, -0.25) is 9.36 Å². The van der Waals surface area contributed by atoms with E-state index in [4.69, 9.17) is 0 Å². The Morgan fingerprint density at radius 1 is 1.29 bits per heavy atom. The van der Waals surface area contributed by atoms with Gasteiger partial charge in [-0.25, -0.2) is 18.6 Å². The van der Waals surface area contributed by atoms with Crippen LogP contribution >= 0.6 is 0 Å². The van der Waals surface area contributed by atoms with Gasteiger partial charge in [0.15, 0.2) is 0 Å². The molecule has 2 aliphatic rings. The summed E-state index contributed by atoms with van der Waals surface area (Å²) in [6.45, 7) is 0.305. The van der Waals surface area contributed by atoms with Crippen LogP contribution in [0.4, 0.5) is 14.6 Å². The van der Waals surface area contributed by atoms with Crippen LogP contribution in [0.3, 0.4) is 0 Å². The molecule has 0 bridgehead atoms. The summed E-state index contributed by atoms with van der Waals surface area (Å²) in [4.78, 5) is 33.3. The number of alkyl halides is 2. The molecule has 2 fully saturated rings. The Kier molecular flexibility index (Phi) is 4.39. The number of hydrogen-bond donors (Lipinski definition) is 2. The number of hydrogen-bond acceptors (Lipinski definition) is 4. The molecule has 1 amide bonds. The molecule has 2 unspecified atom stereocenters. The number of nitrogens with one attached hydrogen (secondary N) is 2. The van der Waals surface area contributed by atoms with Crippen molar-refractivity contribution in [2.24, 2.45) is 18.9 Å². The van der Waals surface area contributed by atoms with E-state index in [1.807, 2.05) is 24.1 Å². The molecule has 2 aliphatic carbocycles. The Morgan fingerprint density at radius 2 is 2.03 bits per heavy atom. The number of nitrogens with zero attached hydrogens (tertiary/aromatic N) is 3. The number of aryl methyl sites for hydroxylation is 1. The highest BCUT2D eigenvalue weighted by Crippen LogP contribution is 2.64. The number of H-pyrrole nitrogens is 1. The van der Waals surface area contributed by atoms with Gasteiger partial charge in [0.25, 0.3) is 11.8 Å². The Labute approximate surface area is 177 Å². The number of pyridine rings is 1. The largest absolute Gasteiger partial charge is 0.357 e. The number of anilines is 1. The van der Waals surface area contributed by atoms with Crippen LogP contribution in [0, 0.1) is 11.8 Å². The monoisotopic (exact) mass is 427 g/mol. The molecule has 2 saturated carbocycles. The van der Waals surface area contributed by atoms with E-state index >= 15 is 0 Å². The number of carbonyl (C=O) groups excluding carboxylic acids is 1. The molecule has 0 aliphatic heterocycles. The third-order valence-corrected chi connectivity index (χ3v) is 6.75. The SMILES string of the molecule is CN(c1ccc(CNC(=O)c2ccc3c(c2)[nH]c(=O)n3C)cn1)C1CC2C(C1)C2(F)F. The maximum Gasteiger partial charge on any atom is 0.326 e. The zero-order chi connectivity index (χ0) is 21.9. The minimum atomic E-state index is -2.47. The second-order valence-corrected chi connectivity index (χ2v) is 8.55. The van der Waals surface area contributed by atoms with Gasteiger partial charge >= 0.3 is 5.69 Å². The first-order valence-corrected chi connectivity index (χ1v) is 10.3. The van der Waals surface area contributed by atoms with Crippen molar-refractivity contribution < 1.29 is 13.6 Å². The Bertz CT molecular complexity index is 1200. The van der Waals surface area contributed by atoms with Crippen LogP contribution in [0.2, 0.25) is 0 Å². The van der Waals surface area contributed by atoms with E-state index < -0.39 is 17.8 Å². The normalized spacial score (nSPS) is 23.5. The summed E-state index contributed by atoms with van der Waals surface area (Å²) in [7, 11) is 3.56. The third-order valence-electron chi connectivity index (χ3n) is 6.75. The molecular formula is C22H23F2N5O2. The minimum absolute atomic E-state index is 0.0898. The molecule has 3 aromatic rings. The maximum absolute atomic E-state index is 13.4. The summed E-state index contributed by atoms with van der Waals surface area (Å²) in [6, 6.07) is 8.88. The fraction of sp³-hybridized carbons (Fsp3) is 0.409. The third kappa shape index (κ3) is 3.28. The van der Waals surface area contributed by atoms with Crippen molar-refractivity contribution >= 4 is 22.8 Å². The highest BCUT2D eigenvalue weighted by Gasteiger charge is 2.71. The van der Waals surface area contributed by atoms with E-state index in [1.165, 1.54) is 4.57 Å². The highest BCUT2D eigenvalue weighted by atomic mass is 19.3. The fourth-order valence-electron chi connectivity index (χ4n) is 4.68. The Balaban J connectivity index is 1.19. The molecule has 9 heteroatoms. The van der Waals surface area contributed by atoms with Crippen LogP contribution < -0.4 is 15.9 Å². The number of benzene rings is 1. The van der Waals surface area contributed by atoms with E-state index in [2.05, 4.69) is 15.3 Å². The zero-order valence-corrected chi connectivity index (χ0v) is 17.2. The molecule has 1 aromatic carbocycles. The van der Waals surface area contributed by atoms with Crippen LogP contribution in [-0.4, -0.2) is 39.5 Å². The summed E-state index contributed by atoms with van der Waals surface area (Å²) in [5.41, 5.74) is 2.40. The van der Waals surface area contributed by atoms with Crippen LogP contribution in [0.15, 0.2) is 41.3 Å². The summed E-state index contributed by atoms with van der Waals surface area (Å²) in [5.74, 6) is -2.92. The standard InChI is InChI=1S/C22H23F2N5O2/c1-28(14-8-15-16(9-14)22(15,23)24)19-6-3-12(10-25-19)11-26-20(30)13-4-5-18-17(7-13)27-21(31)29(18)2/h3-7,10,14-16H,8-9,11H2,1-2H3,(H,26,30)(H,27,31). The molecule has 2 heterocycles. The van der Waals surface area contributed by atoms with E-state index in [9.17, 15) is 18.4 Å². The minimum Gasteiger partial charge on any atom is -0.357 e. The van der Waals surface area contributed by atoms with Crippen LogP contribution in [-0.2, 0) is 13.6 Å². The number of aromatic amines is 1.